The Morgan fingerprint density at radius 3 is 2.47 bits per heavy atom. The van der Waals surface area contributed by atoms with E-state index in [0.29, 0.717) is 0 Å². The van der Waals surface area contributed by atoms with Crippen LogP contribution >= 0.6 is 0 Å². The average Bonchev–Trinajstić information content (AvgIpc) is 2.26. The summed E-state index contributed by atoms with van der Waals surface area (Å²) < 4.78 is 67.4. The van der Waals surface area contributed by atoms with Crippen molar-refractivity contribution in [3.63, 3.8) is 0 Å². The van der Waals surface area contributed by atoms with Gasteiger partial charge in [-0.1, -0.05) is 0 Å². The zero-order valence-electron chi connectivity index (χ0n) is 9.59. The molecule has 0 aliphatic carbocycles. The predicted molar refractivity (Wildman–Crippen MR) is 54.6 cm³/mol. The number of rotatable bonds is 3. The molecule has 2 N–H and O–H groups in total. The molecule has 0 aliphatic heterocycles. The summed E-state index contributed by atoms with van der Waals surface area (Å²) in [6, 6.07) is 0.110. The van der Waals surface area contributed by atoms with Crippen LogP contribution in [0.2, 0.25) is 0 Å². The van der Waals surface area contributed by atoms with Crippen molar-refractivity contribution in [2.75, 3.05) is 12.3 Å². The summed E-state index contributed by atoms with van der Waals surface area (Å²) in [6.07, 6.45) is -8.25. The van der Waals surface area contributed by atoms with Gasteiger partial charge in [-0.25, -0.2) is 18.6 Å². The number of alkyl halides is 5. The monoisotopic (exact) mass is 284 g/mol. The van der Waals surface area contributed by atoms with E-state index in [0.717, 1.165) is 0 Å². The van der Waals surface area contributed by atoms with Crippen molar-refractivity contribution in [2.24, 2.45) is 0 Å². The third kappa shape index (κ3) is 3.30. The molecule has 0 spiro atoms. The molecule has 0 bridgehead atoms. The number of halogens is 5. The van der Waals surface area contributed by atoms with Gasteiger partial charge in [-0.2, -0.15) is 13.2 Å². The SMILES string of the molecule is CCOC(=O)c1nc(N)c(C(F)F)cc1C(F)(F)F. The Morgan fingerprint density at radius 1 is 1.47 bits per heavy atom. The lowest BCUT2D eigenvalue weighted by atomic mass is 10.1. The standard InChI is InChI=1S/C10H9F5N2O2/c1-2-19-9(18)6-5(10(13,14)15)3-4(7(11)12)8(16)17-6/h3,7H,2H2,1H3,(H2,16,17). The molecule has 0 aliphatic rings. The van der Waals surface area contributed by atoms with Crippen LogP contribution in [0.4, 0.5) is 27.8 Å². The Labute approximate surface area is 104 Å². The van der Waals surface area contributed by atoms with E-state index in [1.54, 1.807) is 0 Å². The third-order valence-corrected chi connectivity index (χ3v) is 2.09. The van der Waals surface area contributed by atoms with Gasteiger partial charge < -0.3 is 10.5 Å². The largest absolute Gasteiger partial charge is 0.461 e. The molecule has 0 amide bonds. The molecule has 0 atom stereocenters. The van der Waals surface area contributed by atoms with Gasteiger partial charge in [0.05, 0.1) is 17.7 Å². The smallest absolute Gasteiger partial charge is 0.418 e. The summed E-state index contributed by atoms with van der Waals surface area (Å²) in [5.74, 6) is -2.21. The highest BCUT2D eigenvalue weighted by Gasteiger charge is 2.38. The topological polar surface area (TPSA) is 65.2 Å². The van der Waals surface area contributed by atoms with Crippen LogP contribution in [0.15, 0.2) is 6.07 Å². The number of carbonyl (C=O) groups excluding carboxylic acids is 1. The van der Waals surface area contributed by atoms with Crippen molar-refractivity contribution >= 4 is 11.8 Å². The van der Waals surface area contributed by atoms with E-state index in [9.17, 15) is 26.7 Å². The lowest BCUT2D eigenvalue weighted by molar-refractivity contribution is -0.138. The summed E-state index contributed by atoms with van der Waals surface area (Å²) in [5.41, 5.74) is 1.29. The quantitative estimate of drug-likeness (QED) is 0.684. The Bertz CT molecular complexity index is 488. The van der Waals surface area contributed by atoms with Crippen LogP contribution in [-0.2, 0) is 10.9 Å². The van der Waals surface area contributed by atoms with Gasteiger partial charge in [0, 0.05) is 0 Å². The van der Waals surface area contributed by atoms with Crippen LogP contribution < -0.4 is 5.73 Å². The molecular formula is C10H9F5N2O2. The number of esters is 1. The normalized spacial score (nSPS) is 11.7. The second-order valence-electron chi connectivity index (χ2n) is 3.38. The molecule has 1 aromatic heterocycles. The number of hydrogen-bond donors (Lipinski definition) is 1. The number of anilines is 1. The third-order valence-electron chi connectivity index (χ3n) is 2.09. The highest BCUT2D eigenvalue weighted by atomic mass is 19.4. The summed E-state index contributed by atoms with van der Waals surface area (Å²) in [5, 5.41) is 0. The van der Waals surface area contributed by atoms with E-state index in [2.05, 4.69) is 9.72 Å². The van der Waals surface area contributed by atoms with E-state index in [1.165, 1.54) is 6.92 Å². The predicted octanol–water partition coefficient (Wildman–Crippen LogP) is 2.80. The van der Waals surface area contributed by atoms with Gasteiger partial charge in [0.1, 0.15) is 5.82 Å². The molecule has 0 saturated carbocycles. The molecular weight excluding hydrogens is 275 g/mol. The molecule has 9 heteroatoms. The zero-order chi connectivity index (χ0) is 14.8. The van der Waals surface area contributed by atoms with Crippen LogP contribution in [0.5, 0.6) is 0 Å². The van der Waals surface area contributed by atoms with Gasteiger partial charge in [0.2, 0.25) is 0 Å². The van der Waals surface area contributed by atoms with E-state index >= 15 is 0 Å². The molecule has 0 radical (unpaired) electrons. The zero-order valence-corrected chi connectivity index (χ0v) is 9.59. The number of carbonyl (C=O) groups is 1. The van der Waals surface area contributed by atoms with Crippen LogP contribution in [0, 0.1) is 0 Å². The molecule has 1 rings (SSSR count). The van der Waals surface area contributed by atoms with Crippen LogP contribution in [0.25, 0.3) is 0 Å². The summed E-state index contributed by atoms with van der Waals surface area (Å²) in [6.45, 7) is 1.19. The van der Waals surface area contributed by atoms with E-state index in [1.807, 2.05) is 0 Å². The minimum Gasteiger partial charge on any atom is -0.461 e. The van der Waals surface area contributed by atoms with E-state index in [-0.39, 0.29) is 12.7 Å². The number of hydrogen-bond acceptors (Lipinski definition) is 4. The molecule has 0 fully saturated rings. The summed E-state index contributed by atoms with van der Waals surface area (Å²) in [7, 11) is 0. The van der Waals surface area contributed by atoms with Gasteiger partial charge in [-0.3, -0.25) is 0 Å². The molecule has 4 nitrogen and oxygen atoms in total. The Hall–Kier alpha value is -1.93. The van der Waals surface area contributed by atoms with Crippen LogP contribution in [-0.4, -0.2) is 17.6 Å². The number of aromatic nitrogens is 1. The minimum absolute atomic E-state index is 0.110. The molecule has 1 heterocycles. The molecule has 1 aromatic rings. The Morgan fingerprint density at radius 2 is 2.05 bits per heavy atom. The fourth-order valence-corrected chi connectivity index (χ4v) is 1.29. The van der Waals surface area contributed by atoms with E-state index in [4.69, 9.17) is 5.73 Å². The Balaban J connectivity index is 3.45. The number of nitrogens with two attached hydrogens (primary N) is 1. The lowest BCUT2D eigenvalue weighted by Crippen LogP contribution is -2.19. The molecule has 0 saturated heterocycles. The van der Waals surface area contributed by atoms with Crippen LogP contribution in [0.3, 0.4) is 0 Å². The van der Waals surface area contributed by atoms with Crippen molar-refractivity contribution in [3.05, 3.63) is 22.9 Å². The maximum atomic E-state index is 12.7. The first-order valence-electron chi connectivity index (χ1n) is 5.01. The number of nitrogen functional groups attached to an aromatic ring is 1. The van der Waals surface area contributed by atoms with Gasteiger partial charge in [-0.15, -0.1) is 0 Å². The second kappa shape index (κ2) is 5.37. The number of ether oxygens (including phenoxy) is 1. The Kier molecular flexibility index (Phi) is 4.28. The van der Waals surface area contributed by atoms with Gasteiger partial charge in [0.25, 0.3) is 6.43 Å². The van der Waals surface area contributed by atoms with E-state index < -0.39 is 41.2 Å². The highest BCUT2D eigenvalue weighted by molar-refractivity contribution is 5.89. The first-order chi connectivity index (χ1) is 8.68. The van der Waals surface area contributed by atoms with Gasteiger partial charge >= 0.3 is 12.1 Å². The van der Waals surface area contributed by atoms with Gasteiger partial charge in [0.15, 0.2) is 5.69 Å². The van der Waals surface area contributed by atoms with Crippen molar-refractivity contribution in [1.29, 1.82) is 0 Å². The van der Waals surface area contributed by atoms with Crippen molar-refractivity contribution in [1.82, 2.24) is 4.98 Å². The van der Waals surface area contributed by atoms with Crippen molar-refractivity contribution in [2.45, 2.75) is 19.5 Å². The lowest BCUT2D eigenvalue weighted by Gasteiger charge is -2.14. The second-order valence-corrected chi connectivity index (χ2v) is 3.38. The minimum atomic E-state index is -5.02. The molecule has 106 valence electrons. The average molecular weight is 284 g/mol. The molecule has 0 aromatic carbocycles. The van der Waals surface area contributed by atoms with Gasteiger partial charge in [-0.05, 0) is 13.0 Å². The number of nitrogens with zero attached hydrogens (tertiary/aromatic N) is 1. The maximum Gasteiger partial charge on any atom is 0.418 e. The first kappa shape index (κ1) is 15.1. The first-order valence-corrected chi connectivity index (χ1v) is 5.01. The fourth-order valence-electron chi connectivity index (χ4n) is 1.29. The number of pyridine rings is 1. The molecule has 0 unspecified atom stereocenters. The van der Waals surface area contributed by atoms with Crippen molar-refractivity contribution in [3.8, 4) is 0 Å². The van der Waals surface area contributed by atoms with Crippen LogP contribution in [0.1, 0.15) is 35.0 Å². The summed E-state index contributed by atoms with van der Waals surface area (Å²) >= 11 is 0. The maximum absolute atomic E-state index is 12.7. The highest BCUT2D eigenvalue weighted by Crippen LogP contribution is 2.35. The molecule has 19 heavy (non-hydrogen) atoms. The van der Waals surface area contributed by atoms with Crippen molar-refractivity contribution < 1.29 is 31.5 Å². The fraction of sp³-hybridized carbons (Fsp3) is 0.400. The summed E-state index contributed by atoms with van der Waals surface area (Å²) in [4.78, 5) is 14.4.